The fourth-order valence-corrected chi connectivity index (χ4v) is 2.70. The van der Waals surface area contributed by atoms with E-state index < -0.39 is 0 Å². The van der Waals surface area contributed by atoms with Crippen molar-refractivity contribution in [2.45, 2.75) is 32.7 Å². The molecule has 2 rings (SSSR count). The third-order valence-electron chi connectivity index (χ3n) is 3.55. The molecule has 0 spiro atoms. The standard InChI is InChI=1S/C14H21NO2/c1-9-8-11(12-6-5-7-15-12)10(2)14(17-4)13(9)16-3/h8,12,15H,5-7H2,1-4H3. The van der Waals surface area contributed by atoms with Crippen LogP contribution in [-0.4, -0.2) is 20.8 Å². The highest BCUT2D eigenvalue weighted by Gasteiger charge is 2.22. The topological polar surface area (TPSA) is 30.5 Å². The molecule has 1 unspecified atom stereocenters. The summed E-state index contributed by atoms with van der Waals surface area (Å²) >= 11 is 0. The number of aryl methyl sites for hydroxylation is 1. The summed E-state index contributed by atoms with van der Waals surface area (Å²) in [6.07, 6.45) is 2.45. The van der Waals surface area contributed by atoms with E-state index >= 15 is 0 Å². The largest absolute Gasteiger partial charge is 0.493 e. The molecular formula is C14H21NO2. The van der Waals surface area contributed by atoms with Crippen molar-refractivity contribution in [3.63, 3.8) is 0 Å². The lowest BCUT2D eigenvalue weighted by atomic mass is 9.96. The summed E-state index contributed by atoms with van der Waals surface area (Å²) < 4.78 is 10.9. The highest BCUT2D eigenvalue weighted by molar-refractivity contribution is 5.55. The van der Waals surface area contributed by atoms with E-state index in [2.05, 4.69) is 25.2 Å². The van der Waals surface area contributed by atoms with E-state index in [0.717, 1.165) is 23.6 Å². The Hall–Kier alpha value is -1.22. The number of methoxy groups -OCH3 is 2. The van der Waals surface area contributed by atoms with Crippen molar-refractivity contribution in [1.29, 1.82) is 0 Å². The molecule has 0 amide bonds. The van der Waals surface area contributed by atoms with E-state index in [1.165, 1.54) is 24.0 Å². The van der Waals surface area contributed by atoms with Crippen molar-refractivity contribution in [3.05, 3.63) is 22.8 Å². The van der Waals surface area contributed by atoms with Gasteiger partial charge in [-0.05, 0) is 49.9 Å². The minimum atomic E-state index is 0.466. The van der Waals surface area contributed by atoms with Gasteiger partial charge in [-0.2, -0.15) is 0 Å². The molecule has 3 heteroatoms. The van der Waals surface area contributed by atoms with Gasteiger partial charge in [0.15, 0.2) is 11.5 Å². The van der Waals surface area contributed by atoms with E-state index in [1.807, 2.05) is 0 Å². The molecule has 94 valence electrons. The summed E-state index contributed by atoms with van der Waals surface area (Å²) in [5, 5.41) is 3.53. The SMILES string of the molecule is COc1c(C)cc(C2CCCN2)c(C)c1OC. The first kappa shape index (κ1) is 12.2. The number of ether oxygens (including phenoxy) is 2. The first-order valence-corrected chi connectivity index (χ1v) is 6.14. The smallest absolute Gasteiger partial charge is 0.164 e. The highest BCUT2D eigenvalue weighted by Crippen LogP contribution is 2.39. The monoisotopic (exact) mass is 235 g/mol. The molecule has 1 aromatic carbocycles. The highest BCUT2D eigenvalue weighted by atomic mass is 16.5. The lowest BCUT2D eigenvalue weighted by Crippen LogP contribution is -2.15. The summed E-state index contributed by atoms with van der Waals surface area (Å²) in [5.41, 5.74) is 3.67. The normalized spacial score (nSPS) is 19.4. The number of rotatable bonds is 3. The van der Waals surface area contributed by atoms with E-state index in [4.69, 9.17) is 9.47 Å². The fourth-order valence-electron chi connectivity index (χ4n) is 2.70. The Labute approximate surface area is 103 Å². The molecule has 1 aliphatic heterocycles. The average molecular weight is 235 g/mol. The average Bonchev–Trinajstić information content (AvgIpc) is 2.84. The van der Waals surface area contributed by atoms with Gasteiger partial charge in [-0.3, -0.25) is 0 Å². The summed E-state index contributed by atoms with van der Waals surface area (Å²) in [4.78, 5) is 0. The molecule has 1 aliphatic rings. The molecule has 1 heterocycles. The molecule has 0 aromatic heterocycles. The molecule has 1 aromatic rings. The van der Waals surface area contributed by atoms with Crippen molar-refractivity contribution in [2.75, 3.05) is 20.8 Å². The number of benzene rings is 1. The molecule has 1 N–H and O–H groups in total. The van der Waals surface area contributed by atoms with Gasteiger partial charge in [0.25, 0.3) is 0 Å². The van der Waals surface area contributed by atoms with Gasteiger partial charge < -0.3 is 14.8 Å². The number of nitrogens with one attached hydrogen (secondary N) is 1. The third kappa shape index (κ3) is 2.12. The molecule has 0 bridgehead atoms. The maximum absolute atomic E-state index is 5.50. The fraction of sp³-hybridized carbons (Fsp3) is 0.571. The Balaban J connectivity index is 2.50. The van der Waals surface area contributed by atoms with Crippen LogP contribution in [0.4, 0.5) is 0 Å². The van der Waals surface area contributed by atoms with E-state index in [9.17, 15) is 0 Å². The molecule has 17 heavy (non-hydrogen) atoms. The maximum Gasteiger partial charge on any atom is 0.164 e. The number of hydrogen-bond acceptors (Lipinski definition) is 3. The van der Waals surface area contributed by atoms with E-state index in [-0.39, 0.29) is 0 Å². The Morgan fingerprint density at radius 2 is 1.88 bits per heavy atom. The summed E-state index contributed by atoms with van der Waals surface area (Å²) in [7, 11) is 3.40. The van der Waals surface area contributed by atoms with Crippen LogP contribution in [0.15, 0.2) is 6.07 Å². The lowest BCUT2D eigenvalue weighted by molar-refractivity contribution is 0.349. The minimum Gasteiger partial charge on any atom is -0.493 e. The van der Waals surface area contributed by atoms with Gasteiger partial charge in [0, 0.05) is 6.04 Å². The molecule has 1 saturated heterocycles. The molecule has 3 nitrogen and oxygen atoms in total. The van der Waals surface area contributed by atoms with Crippen LogP contribution in [0.5, 0.6) is 11.5 Å². The molecule has 1 fully saturated rings. The third-order valence-corrected chi connectivity index (χ3v) is 3.55. The predicted octanol–water partition coefficient (Wildman–Crippen LogP) is 2.75. The van der Waals surface area contributed by atoms with Gasteiger partial charge in [-0.25, -0.2) is 0 Å². The molecule has 0 radical (unpaired) electrons. The first-order valence-electron chi connectivity index (χ1n) is 6.14. The number of hydrogen-bond donors (Lipinski definition) is 1. The van der Waals surface area contributed by atoms with Crippen LogP contribution in [0.2, 0.25) is 0 Å². The van der Waals surface area contributed by atoms with Crippen LogP contribution >= 0.6 is 0 Å². The Morgan fingerprint density at radius 3 is 2.41 bits per heavy atom. The van der Waals surface area contributed by atoms with Gasteiger partial charge in [-0.1, -0.05) is 6.07 Å². The molecular weight excluding hydrogens is 214 g/mol. The van der Waals surface area contributed by atoms with Gasteiger partial charge >= 0.3 is 0 Å². The zero-order valence-corrected chi connectivity index (χ0v) is 11.1. The van der Waals surface area contributed by atoms with Crippen LogP contribution in [0.1, 0.15) is 35.6 Å². The summed E-state index contributed by atoms with van der Waals surface area (Å²) in [6, 6.07) is 2.69. The zero-order chi connectivity index (χ0) is 12.4. The summed E-state index contributed by atoms with van der Waals surface area (Å²) in [5.74, 6) is 1.72. The second kappa shape index (κ2) is 4.96. The van der Waals surface area contributed by atoms with E-state index in [0.29, 0.717) is 6.04 Å². The van der Waals surface area contributed by atoms with Gasteiger partial charge in [0.2, 0.25) is 0 Å². The quantitative estimate of drug-likeness (QED) is 0.874. The Kier molecular flexibility index (Phi) is 3.57. The second-order valence-corrected chi connectivity index (χ2v) is 4.62. The Bertz CT molecular complexity index is 409. The van der Waals surface area contributed by atoms with Crippen LogP contribution in [0, 0.1) is 13.8 Å². The van der Waals surface area contributed by atoms with Crippen LogP contribution in [0.3, 0.4) is 0 Å². The second-order valence-electron chi connectivity index (χ2n) is 4.62. The first-order chi connectivity index (χ1) is 8.19. The summed E-state index contributed by atoms with van der Waals surface area (Å²) in [6.45, 7) is 5.28. The van der Waals surface area contributed by atoms with Gasteiger partial charge in [-0.15, -0.1) is 0 Å². The van der Waals surface area contributed by atoms with Crippen molar-refractivity contribution in [2.24, 2.45) is 0 Å². The molecule has 0 aliphatic carbocycles. The van der Waals surface area contributed by atoms with E-state index in [1.54, 1.807) is 14.2 Å². The van der Waals surface area contributed by atoms with Crippen molar-refractivity contribution in [1.82, 2.24) is 5.32 Å². The minimum absolute atomic E-state index is 0.466. The van der Waals surface area contributed by atoms with Crippen molar-refractivity contribution < 1.29 is 9.47 Å². The van der Waals surface area contributed by atoms with Crippen LogP contribution < -0.4 is 14.8 Å². The van der Waals surface area contributed by atoms with Crippen molar-refractivity contribution >= 4 is 0 Å². The predicted molar refractivity (Wildman–Crippen MR) is 69.0 cm³/mol. The Morgan fingerprint density at radius 1 is 1.18 bits per heavy atom. The van der Waals surface area contributed by atoms with Crippen LogP contribution in [0.25, 0.3) is 0 Å². The lowest BCUT2D eigenvalue weighted by Gasteiger charge is -2.20. The van der Waals surface area contributed by atoms with Gasteiger partial charge in [0.05, 0.1) is 14.2 Å². The zero-order valence-electron chi connectivity index (χ0n) is 11.1. The molecule has 0 saturated carbocycles. The van der Waals surface area contributed by atoms with Gasteiger partial charge in [0.1, 0.15) is 0 Å². The maximum atomic E-state index is 5.50. The molecule has 1 atom stereocenters. The van der Waals surface area contributed by atoms with Crippen LogP contribution in [-0.2, 0) is 0 Å². The van der Waals surface area contributed by atoms with Crippen molar-refractivity contribution in [3.8, 4) is 11.5 Å².